The fourth-order valence-corrected chi connectivity index (χ4v) is 1.80. The summed E-state index contributed by atoms with van der Waals surface area (Å²) in [6.07, 6.45) is -0.640. The first-order chi connectivity index (χ1) is 8.06. The van der Waals surface area contributed by atoms with Crippen molar-refractivity contribution in [1.82, 2.24) is 9.97 Å². The number of rotatable bonds is 2. The van der Waals surface area contributed by atoms with Gasteiger partial charge in [-0.05, 0) is 0 Å². The van der Waals surface area contributed by atoms with E-state index >= 15 is 0 Å². The smallest absolute Gasteiger partial charge is 0.248 e. The molecule has 1 amide bonds. The molecule has 1 aromatic heterocycles. The fourth-order valence-electron chi connectivity index (χ4n) is 1.61. The second-order valence-corrected chi connectivity index (χ2v) is 4.00. The van der Waals surface area contributed by atoms with E-state index in [2.05, 4.69) is 9.97 Å². The number of anilines is 2. The Morgan fingerprint density at radius 2 is 2.35 bits per heavy atom. The predicted molar refractivity (Wildman–Crippen MR) is 62.6 cm³/mol. The van der Waals surface area contributed by atoms with Gasteiger partial charge >= 0.3 is 0 Å². The van der Waals surface area contributed by atoms with Crippen LogP contribution in [0, 0.1) is 0 Å². The highest BCUT2D eigenvalue weighted by molar-refractivity contribution is 6.29. The van der Waals surface area contributed by atoms with Crippen LogP contribution in [0.4, 0.5) is 11.8 Å². The Hall–Kier alpha value is -1.60. The Morgan fingerprint density at radius 1 is 1.59 bits per heavy atom. The number of nitrogen functional groups attached to an aromatic ring is 1. The van der Waals surface area contributed by atoms with Crippen molar-refractivity contribution in [3.63, 3.8) is 0 Å². The van der Waals surface area contributed by atoms with Crippen molar-refractivity contribution in [2.75, 3.05) is 30.3 Å². The van der Waals surface area contributed by atoms with Crippen molar-refractivity contribution in [3.8, 4) is 0 Å². The number of hydrogen-bond donors (Lipinski definition) is 2. The number of primary amides is 1. The van der Waals surface area contributed by atoms with Crippen LogP contribution in [-0.2, 0) is 9.53 Å². The number of carbonyl (C=O) groups is 1. The lowest BCUT2D eigenvalue weighted by Gasteiger charge is -2.32. The van der Waals surface area contributed by atoms with Crippen molar-refractivity contribution >= 4 is 29.3 Å². The zero-order chi connectivity index (χ0) is 12.4. The molecule has 0 spiro atoms. The Kier molecular flexibility index (Phi) is 3.30. The van der Waals surface area contributed by atoms with Crippen LogP contribution in [0.1, 0.15) is 0 Å². The maximum Gasteiger partial charge on any atom is 0.248 e. The maximum atomic E-state index is 11.1. The van der Waals surface area contributed by atoms with Crippen LogP contribution in [0.3, 0.4) is 0 Å². The van der Waals surface area contributed by atoms with Gasteiger partial charge in [-0.15, -0.1) is 0 Å². The lowest BCUT2D eigenvalue weighted by molar-refractivity contribution is -0.130. The molecular formula is C9H12ClN5O2. The number of hydrogen-bond acceptors (Lipinski definition) is 6. The summed E-state index contributed by atoms with van der Waals surface area (Å²) in [7, 11) is 0. The van der Waals surface area contributed by atoms with Gasteiger partial charge in [-0.25, -0.2) is 4.98 Å². The molecule has 92 valence electrons. The minimum atomic E-state index is -0.640. The molecule has 1 aliphatic rings. The molecule has 1 saturated heterocycles. The molecule has 0 saturated carbocycles. The summed E-state index contributed by atoms with van der Waals surface area (Å²) in [5.41, 5.74) is 10.7. The lowest BCUT2D eigenvalue weighted by Crippen LogP contribution is -2.48. The molecule has 4 N–H and O–H groups in total. The summed E-state index contributed by atoms with van der Waals surface area (Å²) in [4.78, 5) is 20.7. The van der Waals surface area contributed by atoms with E-state index in [1.807, 2.05) is 4.90 Å². The molecule has 0 aliphatic carbocycles. The Bertz CT molecular complexity index is 421. The summed E-state index contributed by atoms with van der Waals surface area (Å²) < 4.78 is 5.23. The topological polar surface area (TPSA) is 107 Å². The molecular weight excluding hydrogens is 246 g/mol. The van der Waals surface area contributed by atoms with Crippen LogP contribution in [0.2, 0.25) is 5.15 Å². The maximum absolute atomic E-state index is 11.1. The first-order valence-electron chi connectivity index (χ1n) is 5.02. The summed E-state index contributed by atoms with van der Waals surface area (Å²) >= 11 is 5.79. The molecule has 0 bridgehead atoms. The third-order valence-corrected chi connectivity index (χ3v) is 2.60. The van der Waals surface area contributed by atoms with E-state index in [1.54, 1.807) is 6.07 Å². The van der Waals surface area contributed by atoms with Gasteiger partial charge in [0.05, 0.1) is 13.2 Å². The summed E-state index contributed by atoms with van der Waals surface area (Å²) in [6.45, 7) is 1.33. The average molecular weight is 258 g/mol. The van der Waals surface area contributed by atoms with Gasteiger partial charge in [0.2, 0.25) is 11.9 Å². The molecule has 0 radical (unpaired) electrons. The average Bonchev–Trinajstić information content (AvgIpc) is 2.28. The molecule has 1 aliphatic heterocycles. The molecule has 2 rings (SSSR count). The second kappa shape index (κ2) is 4.72. The Morgan fingerprint density at radius 3 is 3.00 bits per heavy atom. The molecule has 7 nitrogen and oxygen atoms in total. The first kappa shape index (κ1) is 11.9. The molecule has 1 unspecified atom stereocenters. The number of carbonyl (C=O) groups excluding carboxylic acids is 1. The van der Waals surface area contributed by atoms with Crippen LogP contribution in [0.25, 0.3) is 0 Å². The Balaban J connectivity index is 2.18. The number of amides is 1. The fraction of sp³-hybridized carbons (Fsp3) is 0.444. The SMILES string of the molecule is NC(=O)C1CN(c2cc(Cl)nc(N)n2)CCO1. The number of morpholine rings is 1. The highest BCUT2D eigenvalue weighted by atomic mass is 35.5. The van der Waals surface area contributed by atoms with Gasteiger partial charge in [0.1, 0.15) is 11.0 Å². The summed E-state index contributed by atoms with van der Waals surface area (Å²) in [6, 6.07) is 1.58. The standard InChI is InChI=1S/C9H12ClN5O2/c10-6-3-7(14-9(12)13-6)15-1-2-17-5(4-15)8(11)16/h3,5H,1-2,4H2,(H2,11,16)(H2,12,13,14). The van der Waals surface area contributed by atoms with Crippen LogP contribution >= 0.6 is 11.6 Å². The quantitative estimate of drug-likeness (QED) is 0.685. The van der Waals surface area contributed by atoms with Crippen LogP contribution in [0.5, 0.6) is 0 Å². The van der Waals surface area contributed by atoms with E-state index in [0.717, 1.165) is 0 Å². The third-order valence-electron chi connectivity index (χ3n) is 2.41. The van der Waals surface area contributed by atoms with Crippen LogP contribution < -0.4 is 16.4 Å². The number of nitrogens with two attached hydrogens (primary N) is 2. The monoisotopic (exact) mass is 257 g/mol. The van der Waals surface area contributed by atoms with Gasteiger partial charge in [-0.2, -0.15) is 4.98 Å². The lowest BCUT2D eigenvalue weighted by atomic mass is 10.2. The number of ether oxygens (including phenoxy) is 1. The zero-order valence-electron chi connectivity index (χ0n) is 8.97. The van der Waals surface area contributed by atoms with Gasteiger partial charge in [0, 0.05) is 12.6 Å². The molecule has 0 aromatic carbocycles. The van der Waals surface area contributed by atoms with Crippen LogP contribution in [0.15, 0.2) is 6.07 Å². The molecule has 8 heteroatoms. The zero-order valence-corrected chi connectivity index (χ0v) is 9.72. The third kappa shape index (κ3) is 2.75. The van der Waals surface area contributed by atoms with E-state index in [4.69, 9.17) is 27.8 Å². The van der Waals surface area contributed by atoms with Crippen LogP contribution in [-0.4, -0.2) is 41.7 Å². The van der Waals surface area contributed by atoms with Gasteiger partial charge in [0.15, 0.2) is 6.10 Å². The minimum Gasteiger partial charge on any atom is -0.368 e. The van der Waals surface area contributed by atoms with Crippen molar-refractivity contribution in [2.24, 2.45) is 5.73 Å². The molecule has 17 heavy (non-hydrogen) atoms. The van der Waals surface area contributed by atoms with Crippen molar-refractivity contribution in [2.45, 2.75) is 6.10 Å². The highest BCUT2D eigenvalue weighted by Gasteiger charge is 2.25. The molecule has 2 heterocycles. The van der Waals surface area contributed by atoms with Crippen molar-refractivity contribution < 1.29 is 9.53 Å². The largest absolute Gasteiger partial charge is 0.368 e. The number of halogens is 1. The molecule has 1 aromatic rings. The Labute approximate surface area is 103 Å². The normalized spacial score (nSPS) is 20.3. The minimum absolute atomic E-state index is 0.0922. The highest BCUT2D eigenvalue weighted by Crippen LogP contribution is 2.19. The van der Waals surface area contributed by atoms with E-state index in [-0.39, 0.29) is 11.1 Å². The van der Waals surface area contributed by atoms with Crippen molar-refractivity contribution in [1.29, 1.82) is 0 Å². The summed E-state index contributed by atoms with van der Waals surface area (Å²) in [5.74, 6) is 0.162. The second-order valence-electron chi connectivity index (χ2n) is 3.61. The van der Waals surface area contributed by atoms with E-state index < -0.39 is 12.0 Å². The molecule has 1 fully saturated rings. The number of aromatic nitrogens is 2. The number of nitrogens with zero attached hydrogens (tertiary/aromatic N) is 3. The van der Waals surface area contributed by atoms with E-state index in [9.17, 15) is 4.79 Å². The summed E-state index contributed by atoms with van der Waals surface area (Å²) in [5, 5.41) is 0.259. The van der Waals surface area contributed by atoms with Crippen molar-refractivity contribution in [3.05, 3.63) is 11.2 Å². The first-order valence-corrected chi connectivity index (χ1v) is 5.40. The van der Waals surface area contributed by atoms with Gasteiger partial charge < -0.3 is 21.1 Å². The van der Waals surface area contributed by atoms with Gasteiger partial charge in [-0.1, -0.05) is 11.6 Å². The predicted octanol–water partition coefficient (Wildman–Crippen LogP) is -0.597. The van der Waals surface area contributed by atoms with Gasteiger partial charge in [0.25, 0.3) is 0 Å². The van der Waals surface area contributed by atoms with E-state index in [1.165, 1.54) is 0 Å². The molecule has 1 atom stereocenters. The van der Waals surface area contributed by atoms with Gasteiger partial charge in [-0.3, -0.25) is 4.79 Å². The van der Waals surface area contributed by atoms with E-state index in [0.29, 0.717) is 25.5 Å².